The van der Waals surface area contributed by atoms with Crippen molar-refractivity contribution in [3.8, 4) is 5.75 Å². The number of ether oxygens (including phenoxy) is 2. The van der Waals surface area contributed by atoms with Crippen molar-refractivity contribution < 1.29 is 18.7 Å². The Bertz CT molecular complexity index is 746. The van der Waals surface area contributed by atoms with E-state index in [0.29, 0.717) is 18.1 Å². The summed E-state index contributed by atoms with van der Waals surface area (Å²) < 4.78 is 24.7. The number of rotatable bonds is 4. The number of aryl methyl sites for hydroxylation is 2. The number of anilines is 1. The van der Waals surface area contributed by atoms with E-state index in [1.54, 1.807) is 26.0 Å². The van der Waals surface area contributed by atoms with Crippen LogP contribution >= 0.6 is 11.3 Å². The third-order valence-corrected chi connectivity index (χ3v) is 4.45. The van der Waals surface area contributed by atoms with Crippen molar-refractivity contribution in [1.29, 1.82) is 0 Å². The first kappa shape index (κ1) is 16.8. The van der Waals surface area contributed by atoms with E-state index < -0.39 is 11.0 Å². The predicted molar refractivity (Wildman–Crippen MR) is 88.2 cm³/mol. The maximum absolute atomic E-state index is 13.3. The molecule has 0 bridgehead atoms. The average Bonchev–Trinajstić information content (AvgIpc) is 3.04. The molecule has 0 spiro atoms. The Kier molecular flexibility index (Phi) is 4.77. The lowest BCUT2D eigenvalue weighted by Gasteiger charge is -2.13. The molecule has 1 N–H and O–H groups in total. The number of pyridine rings is 1. The van der Waals surface area contributed by atoms with Gasteiger partial charge in [-0.2, -0.15) is 4.39 Å². The van der Waals surface area contributed by atoms with Crippen LogP contribution in [0.2, 0.25) is 0 Å². The Morgan fingerprint density at radius 2 is 2.21 bits per heavy atom. The van der Waals surface area contributed by atoms with Gasteiger partial charge in [-0.15, -0.1) is 0 Å². The van der Waals surface area contributed by atoms with Gasteiger partial charge in [0.05, 0.1) is 18.4 Å². The Hall–Kier alpha value is -2.06. The molecule has 0 radical (unpaired) electrons. The molecule has 24 heavy (non-hydrogen) atoms. The van der Waals surface area contributed by atoms with Gasteiger partial charge in [0, 0.05) is 24.2 Å². The molecule has 0 aromatic carbocycles. The Morgan fingerprint density at radius 1 is 1.42 bits per heavy atom. The third-order valence-electron chi connectivity index (χ3n) is 3.58. The van der Waals surface area contributed by atoms with E-state index in [2.05, 4.69) is 15.3 Å². The fourth-order valence-corrected chi connectivity index (χ4v) is 3.16. The van der Waals surface area contributed by atoms with Crippen LogP contribution in [0.15, 0.2) is 12.1 Å². The largest absolute Gasteiger partial charge is 0.488 e. The highest BCUT2D eigenvalue weighted by Crippen LogP contribution is 2.23. The summed E-state index contributed by atoms with van der Waals surface area (Å²) in [5, 5.41) is 2.35. The highest BCUT2D eigenvalue weighted by atomic mass is 32.1. The summed E-state index contributed by atoms with van der Waals surface area (Å²) >= 11 is 0.787. The number of aromatic nitrogens is 2. The minimum absolute atomic E-state index is 0.0339. The van der Waals surface area contributed by atoms with Crippen molar-refractivity contribution >= 4 is 22.4 Å². The molecule has 128 valence electrons. The van der Waals surface area contributed by atoms with Gasteiger partial charge in [-0.25, -0.2) is 9.97 Å². The van der Waals surface area contributed by atoms with Gasteiger partial charge in [-0.3, -0.25) is 10.1 Å². The van der Waals surface area contributed by atoms with Gasteiger partial charge in [0.25, 0.3) is 5.91 Å². The van der Waals surface area contributed by atoms with E-state index in [4.69, 9.17) is 9.47 Å². The molecule has 1 amide bonds. The van der Waals surface area contributed by atoms with Crippen LogP contribution < -0.4 is 10.1 Å². The second kappa shape index (κ2) is 6.82. The van der Waals surface area contributed by atoms with Gasteiger partial charge in [0.2, 0.25) is 5.13 Å². The van der Waals surface area contributed by atoms with E-state index in [9.17, 15) is 9.18 Å². The van der Waals surface area contributed by atoms with Crippen molar-refractivity contribution in [2.24, 2.45) is 0 Å². The topological polar surface area (TPSA) is 73.3 Å². The summed E-state index contributed by atoms with van der Waals surface area (Å²) in [6, 6.07) is 3.34. The lowest BCUT2D eigenvalue weighted by atomic mass is 10.2. The molecular weight excluding hydrogens is 333 g/mol. The number of hydrogen-bond acceptors (Lipinski definition) is 6. The average molecular weight is 351 g/mol. The summed E-state index contributed by atoms with van der Waals surface area (Å²) in [4.78, 5) is 20.5. The van der Waals surface area contributed by atoms with Gasteiger partial charge in [0.1, 0.15) is 17.5 Å². The van der Waals surface area contributed by atoms with E-state index in [-0.39, 0.29) is 28.7 Å². The zero-order valence-corrected chi connectivity index (χ0v) is 14.4. The quantitative estimate of drug-likeness (QED) is 0.916. The summed E-state index contributed by atoms with van der Waals surface area (Å²) in [7, 11) is 0. The highest BCUT2D eigenvalue weighted by molar-refractivity contribution is 7.14. The van der Waals surface area contributed by atoms with Crippen molar-refractivity contribution in [2.45, 2.75) is 39.4 Å². The van der Waals surface area contributed by atoms with Crippen LogP contribution in [-0.4, -0.2) is 34.7 Å². The van der Waals surface area contributed by atoms with Crippen LogP contribution in [0.5, 0.6) is 5.75 Å². The van der Waals surface area contributed by atoms with Crippen LogP contribution in [-0.2, 0) is 4.74 Å². The minimum atomic E-state index is -0.451. The monoisotopic (exact) mass is 351 g/mol. The van der Waals surface area contributed by atoms with Gasteiger partial charge in [-0.1, -0.05) is 11.3 Å². The summed E-state index contributed by atoms with van der Waals surface area (Å²) in [5.74, 6) is 0.116. The van der Waals surface area contributed by atoms with Gasteiger partial charge < -0.3 is 9.47 Å². The molecule has 0 unspecified atom stereocenters. The molecule has 3 rings (SSSR count). The second-order valence-electron chi connectivity index (χ2n) is 5.78. The van der Waals surface area contributed by atoms with Crippen molar-refractivity contribution in [3.63, 3.8) is 0 Å². The number of halogens is 1. The van der Waals surface area contributed by atoms with E-state index in [1.807, 2.05) is 6.92 Å². The predicted octanol–water partition coefficient (Wildman–Crippen LogP) is 3.10. The Balaban J connectivity index is 1.73. The van der Waals surface area contributed by atoms with Crippen molar-refractivity contribution in [2.75, 3.05) is 11.9 Å². The highest BCUT2D eigenvalue weighted by Gasteiger charge is 2.24. The lowest BCUT2D eigenvalue weighted by Crippen LogP contribution is -2.18. The van der Waals surface area contributed by atoms with Crippen molar-refractivity contribution in [1.82, 2.24) is 9.97 Å². The van der Waals surface area contributed by atoms with Gasteiger partial charge in [0.15, 0.2) is 5.13 Å². The van der Waals surface area contributed by atoms with Crippen LogP contribution in [0.1, 0.15) is 35.2 Å². The molecule has 0 aliphatic carbocycles. The maximum atomic E-state index is 13.3. The molecular formula is C16H18FN3O3S. The number of carbonyl (C=O) groups excluding carboxylic acids is 1. The summed E-state index contributed by atoms with van der Waals surface area (Å²) in [5.41, 5.74) is 1.11. The molecule has 0 saturated carbocycles. The minimum Gasteiger partial charge on any atom is -0.488 e. The second-order valence-corrected chi connectivity index (χ2v) is 6.73. The third kappa shape index (κ3) is 3.88. The molecule has 1 aliphatic rings. The first-order chi connectivity index (χ1) is 11.4. The maximum Gasteiger partial charge on any atom is 0.276 e. The number of amides is 1. The van der Waals surface area contributed by atoms with E-state index >= 15 is 0 Å². The summed E-state index contributed by atoms with van der Waals surface area (Å²) in [6.07, 6.45) is 0.942. The number of nitrogens with one attached hydrogen (secondary N) is 1. The summed E-state index contributed by atoms with van der Waals surface area (Å²) in [6.45, 7) is 5.85. The van der Waals surface area contributed by atoms with Crippen LogP contribution in [0.3, 0.4) is 0 Å². The zero-order chi connectivity index (χ0) is 17.3. The zero-order valence-electron chi connectivity index (χ0n) is 13.6. The molecule has 1 aliphatic heterocycles. The first-order valence-electron chi connectivity index (χ1n) is 7.62. The molecule has 1 saturated heterocycles. The normalized spacial score (nSPS) is 20.2. The molecule has 2 aromatic rings. The fraction of sp³-hybridized carbons (Fsp3) is 0.438. The molecule has 6 nitrogen and oxygen atoms in total. The molecule has 2 atom stereocenters. The number of nitrogens with zero attached hydrogens (tertiary/aromatic N) is 2. The Morgan fingerprint density at radius 3 is 2.83 bits per heavy atom. The van der Waals surface area contributed by atoms with Crippen LogP contribution in [0.25, 0.3) is 0 Å². The van der Waals surface area contributed by atoms with Crippen LogP contribution in [0.4, 0.5) is 9.52 Å². The molecule has 2 aromatic heterocycles. The van der Waals surface area contributed by atoms with Gasteiger partial charge >= 0.3 is 0 Å². The smallest absolute Gasteiger partial charge is 0.276 e. The fourth-order valence-electron chi connectivity index (χ4n) is 2.47. The first-order valence-corrected chi connectivity index (χ1v) is 8.43. The number of thiazole rings is 1. The van der Waals surface area contributed by atoms with E-state index in [0.717, 1.165) is 17.8 Å². The molecule has 3 heterocycles. The molecule has 8 heteroatoms. The SMILES string of the molecule is Cc1cc(O[C@H]2CO[C@H](C)C2)cc(C(=O)Nc2nc(C)c(F)s2)n1. The van der Waals surface area contributed by atoms with Crippen LogP contribution in [0, 0.1) is 19.0 Å². The number of carbonyl (C=O) groups is 1. The van der Waals surface area contributed by atoms with E-state index in [1.165, 1.54) is 0 Å². The van der Waals surface area contributed by atoms with Gasteiger partial charge in [-0.05, 0) is 20.8 Å². The Labute approximate surface area is 143 Å². The van der Waals surface area contributed by atoms with Crippen molar-refractivity contribution in [3.05, 3.63) is 34.3 Å². The standard InChI is InChI=1S/C16H18FN3O3S/c1-8-4-11(23-12-5-9(2)22-7-12)6-13(18-8)15(21)20-16-19-10(3)14(17)24-16/h4,6,9,12H,5,7H2,1-3H3,(H,19,20,21)/t9-,12-/m1/s1. The molecule has 1 fully saturated rings. The lowest BCUT2D eigenvalue weighted by molar-refractivity contribution is 0.101. The number of hydrogen-bond donors (Lipinski definition) is 1.